The standard InChI is InChI=1S/C47H40/c1-27(2)35-18-15-30-16-20-39-41(28(3)4)26-42(40-22-21-38(35)45(30)46(39)40)33-14-12-29-11-13-31(23-34(29)24-33)32-17-19-37-36-9-7-8-10-43(36)47(5,6)44(37)25-32/h7-28H,1-6H3. The molecular weight excluding hydrogens is 565 g/mol. The summed E-state index contributed by atoms with van der Waals surface area (Å²) in [5.74, 6) is 0.899. The van der Waals surface area contributed by atoms with E-state index in [1.807, 2.05) is 0 Å². The van der Waals surface area contributed by atoms with Gasteiger partial charge in [0.2, 0.25) is 0 Å². The van der Waals surface area contributed by atoms with Crippen molar-refractivity contribution in [2.24, 2.45) is 0 Å². The van der Waals surface area contributed by atoms with E-state index >= 15 is 0 Å². The number of rotatable bonds is 4. The molecule has 0 nitrogen and oxygen atoms in total. The SMILES string of the molecule is CC(C)c1ccc2ccc3c(C(C)C)cc(-c4ccc5ccc(-c6ccc7c(c6)C(C)(C)c6ccccc6-7)cc5c4)c4ccc1c2c43. The van der Waals surface area contributed by atoms with Crippen molar-refractivity contribution in [2.75, 3.05) is 0 Å². The summed E-state index contributed by atoms with van der Waals surface area (Å²) < 4.78 is 0. The first-order valence-corrected chi connectivity index (χ1v) is 17.2. The van der Waals surface area contributed by atoms with Crippen molar-refractivity contribution < 1.29 is 0 Å². The first kappa shape index (κ1) is 28.3. The fraction of sp³-hybridized carbons (Fsp3) is 0.191. The Morgan fingerprint density at radius 2 is 1.00 bits per heavy atom. The van der Waals surface area contributed by atoms with Crippen molar-refractivity contribution in [3.05, 3.63) is 144 Å². The minimum absolute atomic E-state index is 0.00890. The van der Waals surface area contributed by atoms with Crippen LogP contribution in [0.5, 0.6) is 0 Å². The zero-order valence-electron chi connectivity index (χ0n) is 28.2. The van der Waals surface area contributed by atoms with E-state index in [0.29, 0.717) is 11.8 Å². The van der Waals surface area contributed by atoms with Gasteiger partial charge in [0.15, 0.2) is 0 Å². The second-order valence-corrected chi connectivity index (χ2v) is 14.9. The number of benzene rings is 8. The minimum Gasteiger partial charge on any atom is -0.0619 e. The summed E-state index contributed by atoms with van der Waals surface area (Å²) in [4.78, 5) is 0. The van der Waals surface area contributed by atoms with E-state index in [1.165, 1.54) is 98.7 Å². The third-order valence-electron chi connectivity index (χ3n) is 11.2. The highest BCUT2D eigenvalue weighted by molar-refractivity contribution is 6.27. The Hall–Kier alpha value is -4.94. The molecule has 0 N–H and O–H groups in total. The summed E-state index contributed by atoms with van der Waals surface area (Å²) in [6.07, 6.45) is 0. The van der Waals surface area contributed by atoms with Gasteiger partial charge in [0, 0.05) is 5.41 Å². The maximum atomic E-state index is 2.47. The fourth-order valence-corrected chi connectivity index (χ4v) is 8.64. The zero-order valence-corrected chi connectivity index (χ0v) is 28.2. The van der Waals surface area contributed by atoms with Gasteiger partial charge in [-0.25, -0.2) is 0 Å². The van der Waals surface area contributed by atoms with Crippen LogP contribution in [0, 0.1) is 0 Å². The van der Waals surface area contributed by atoms with Gasteiger partial charge in [-0.1, -0.05) is 139 Å². The molecule has 0 unspecified atom stereocenters. The molecule has 0 fully saturated rings. The molecule has 0 saturated carbocycles. The molecule has 8 aromatic rings. The van der Waals surface area contributed by atoms with Crippen LogP contribution in [0.25, 0.3) is 76.5 Å². The maximum Gasteiger partial charge on any atom is 0.0159 e. The molecule has 8 aromatic carbocycles. The van der Waals surface area contributed by atoms with Crippen molar-refractivity contribution in [1.82, 2.24) is 0 Å². The molecule has 0 saturated heterocycles. The van der Waals surface area contributed by atoms with Gasteiger partial charge in [-0.05, 0) is 135 Å². The lowest BCUT2D eigenvalue weighted by atomic mass is 9.81. The van der Waals surface area contributed by atoms with Gasteiger partial charge in [-0.3, -0.25) is 0 Å². The predicted molar refractivity (Wildman–Crippen MR) is 204 cm³/mol. The first-order chi connectivity index (χ1) is 22.7. The highest BCUT2D eigenvalue weighted by atomic mass is 14.4. The van der Waals surface area contributed by atoms with Gasteiger partial charge in [0.05, 0.1) is 0 Å². The van der Waals surface area contributed by atoms with Crippen LogP contribution in [-0.4, -0.2) is 0 Å². The number of hydrogen-bond acceptors (Lipinski definition) is 0. The van der Waals surface area contributed by atoms with E-state index in [9.17, 15) is 0 Å². The van der Waals surface area contributed by atoms with Crippen LogP contribution in [0.2, 0.25) is 0 Å². The Balaban J connectivity index is 1.23. The quantitative estimate of drug-likeness (QED) is 0.175. The Labute approximate surface area is 278 Å². The monoisotopic (exact) mass is 604 g/mol. The Morgan fingerprint density at radius 3 is 1.81 bits per heavy atom. The summed E-state index contributed by atoms with van der Waals surface area (Å²) >= 11 is 0. The van der Waals surface area contributed by atoms with E-state index in [0.717, 1.165) is 0 Å². The highest BCUT2D eigenvalue weighted by Crippen LogP contribution is 2.50. The second kappa shape index (κ2) is 10.0. The van der Waals surface area contributed by atoms with E-state index < -0.39 is 0 Å². The van der Waals surface area contributed by atoms with Crippen LogP contribution in [0.1, 0.15) is 75.6 Å². The van der Waals surface area contributed by atoms with Crippen LogP contribution in [0.15, 0.2) is 121 Å². The molecule has 0 amide bonds. The van der Waals surface area contributed by atoms with Crippen LogP contribution in [0.4, 0.5) is 0 Å². The molecule has 47 heavy (non-hydrogen) atoms. The van der Waals surface area contributed by atoms with Crippen molar-refractivity contribution >= 4 is 43.1 Å². The highest BCUT2D eigenvalue weighted by Gasteiger charge is 2.35. The second-order valence-electron chi connectivity index (χ2n) is 14.9. The average molecular weight is 605 g/mol. The molecule has 9 rings (SSSR count). The topological polar surface area (TPSA) is 0 Å². The molecule has 0 aliphatic heterocycles. The first-order valence-electron chi connectivity index (χ1n) is 17.2. The van der Waals surface area contributed by atoms with Gasteiger partial charge in [-0.2, -0.15) is 0 Å². The minimum atomic E-state index is -0.00890. The Kier molecular flexibility index (Phi) is 6.04. The number of hydrogen-bond donors (Lipinski definition) is 0. The summed E-state index contributed by atoms with van der Waals surface area (Å²) in [5, 5.41) is 10.8. The normalized spacial score (nSPS) is 13.9. The van der Waals surface area contributed by atoms with Crippen molar-refractivity contribution in [1.29, 1.82) is 0 Å². The van der Waals surface area contributed by atoms with Gasteiger partial charge >= 0.3 is 0 Å². The van der Waals surface area contributed by atoms with Crippen molar-refractivity contribution in [2.45, 2.75) is 58.8 Å². The van der Waals surface area contributed by atoms with E-state index in [4.69, 9.17) is 0 Å². The van der Waals surface area contributed by atoms with E-state index in [2.05, 4.69) is 163 Å². The molecule has 0 aromatic heterocycles. The number of fused-ring (bicyclic) bond motifs is 4. The van der Waals surface area contributed by atoms with Gasteiger partial charge in [-0.15, -0.1) is 0 Å². The van der Waals surface area contributed by atoms with Gasteiger partial charge < -0.3 is 0 Å². The summed E-state index contributed by atoms with van der Waals surface area (Å²) in [6, 6.07) is 46.6. The van der Waals surface area contributed by atoms with Crippen LogP contribution in [-0.2, 0) is 5.41 Å². The van der Waals surface area contributed by atoms with E-state index in [-0.39, 0.29) is 5.41 Å². The van der Waals surface area contributed by atoms with Crippen LogP contribution < -0.4 is 0 Å². The van der Waals surface area contributed by atoms with Gasteiger partial charge in [0.25, 0.3) is 0 Å². The fourth-order valence-electron chi connectivity index (χ4n) is 8.64. The molecule has 228 valence electrons. The Morgan fingerprint density at radius 1 is 0.404 bits per heavy atom. The van der Waals surface area contributed by atoms with Crippen molar-refractivity contribution in [3.63, 3.8) is 0 Å². The summed E-state index contributed by atoms with van der Waals surface area (Å²) in [6.45, 7) is 14.0. The molecule has 1 aliphatic rings. The smallest absolute Gasteiger partial charge is 0.0159 e. The molecular formula is C47H40. The lowest BCUT2D eigenvalue weighted by Gasteiger charge is -2.22. The summed E-state index contributed by atoms with van der Waals surface area (Å²) in [7, 11) is 0. The molecule has 0 bridgehead atoms. The molecule has 1 aliphatic carbocycles. The third kappa shape index (κ3) is 4.07. The van der Waals surface area contributed by atoms with Gasteiger partial charge in [0.1, 0.15) is 0 Å². The third-order valence-corrected chi connectivity index (χ3v) is 11.2. The lowest BCUT2D eigenvalue weighted by Crippen LogP contribution is -2.14. The molecule has 0 heteroatoms. The van der Waals surface area contributed by atoms with E-state index in [1.54, 1.807) is 0 Å². The molecule has 0 radical (unpaired) electrons. The maximum absolute atomic E-state index is 2.47. The van der Waals surface area contributed by atoms with Crippen LogP contribution >= 0.6 is 0 Å². The molecule has 0 spiro atoms. The predicted octanol–water partition coefficient (Wildman–Crippen LogP) is 13.6. The summed E-state index contributed by atoms with van der Waals surface area (Å²) in [5.41, 5.74) is 13.6. The molecule has 0 atom stereocenters. The van der Waals surface area contributed by atoms with Crippen molar-refractivity contribution in [3.8, 4) is 33.4 Å². The largest absolute Gasteiger partial charge is 0.0619 e. The Bertz CT molecular complexity index is 2540. The average Bonchev–Trinajstić information content (AvgIpc) is 3.31. The van der Waals surface area contributed by atoms with Crippen LogP contribution in [0.3, 0.4) is 0 Å². The lowest BCUT2D eigenvalue weighted by molar-refractivity contribution is 0.660. The molecule has 0 heterocycles. The zero-order chi connectivity index (χ0) is 32.2.